The standard InChI is InChI=1S/C11H6FIN2O4/c12-5-2-1-3-6(9(5)13)14-10(16)7-4-8(11(17)18)19-15-7/h1-4H,(H,14,16)(H,17,18). The van der Waals surface area contributed by atoms with Crippen molar-refractivity contribution in [3.63, 3.8) is 0 Å². The van der Waals surface area contributed by atoms with E-state index in [0.717, 1.165) is 6.07 Å². The molecule has 6 nitrogen and oxygen atoms in total. The summed E-state index contributed by atoms with van der Waals surface area (Å²) in [6, 6.07) is 5.21. The maximum Gasteiger partial charge on any atom is 0.374 e. The van der Waals surface area contributed by atoms with Crippen molar-refractivity contribution in [3.8, 4) is 0 Å². The number of hydrogen-bond donors (Lipinski definition) is 2. The highest BCUT2D eigenvalue weighted by atomic mass is 127. The molecule has 0 saturated heterocycles. The van der Waals surface area contributed by atoms with Crippen LogP contribution in [0.2, 0.25) is 0 Å². The molecule has 0 atom stereocenters. The van der Waals surface area contributed by atoms with Crippen molar-refractivity contribution >= 4 is 40.2 Å². The Bertz CT molecular complexity index is 656. The van der Waals surface area contributed by atoms with Gasteiger partial charge in [0.05, 0.1) is 9.26 Å². The average molecular weight is 376 g/mol. The highest BCUT2D eigenvalue weighted by Gasteiger charge is 2.17. The number of hydrogen-bond acceptors (Lipinski definition) is 4. The van der Waals surface area contributed by atoms with Gasteiger partial charge in [-0.15, -0.1) is 0 Å². The molecule has 1 heterocycles. The molecule has 2 N–H and O–H groups in total. The Morgan fingerprint density at radius 3 is 2.79 bits per heavy atom. The molecule has 0 unspecified atom stereocenters. The molecule has 0 bridgehead atoms. The lowest BCUT2D eigenvalue weighted by Gasteiger charge is -2.05. The molecular formula is C11H6FIN2O4. The first kappa shape index (κ1) is 13.5. The zero-order valence-electron chi connectivity index (χ0n) is 9.18. The van der Waals surface area contributed by atoms with E-state index in [0.29, 0.717) is 0 Å². The number of aromatic nitrogens is 1. The van der Waals surface area contributed by atoms with E-state index in [4.69, 9.17) is 5.11 Å². The van der Waals surface area contributed by atoms with Crippen LogP contribution in [0.1, 0.15) is 21.0 Å². The van der Waals surface area contributed by atoms with Gasteiger partial charge in [0, 0.05) is 6.07 Å². The second-order valence-corrected chi connectivity index (χ2v) is 4.52. The van der Waals surface area contributed by atoms with Gasteiger partial charge in [-0.25, -0.2) is 9.18 Å². The van der Waals surface area contributed by atoms with E-state index in [1.54, 1.807) is 22.6 Å². The molecule has 2 rings (SSSR count). The smallest absolute Gasteiger partial charge is 0.374 e. The molecule has 0 fully saturated rings. The summed E-state index contributed by atoms with van der Waals surface area (Å²) < 4.78 is 18.0. The SMILES string of the molecule is O=C(Nc1cccc(F)c1I)c1cc(C(=O)O)on1. The van der Waals surface area contributed by atoms with Gasteiger partial charge in [0.1, 0.15) is 5.82 Å². The Labute approximate surface area is 119 Å². The molecule has 0 radical (unpaired) electrons. The van der Waals surface area contributed by atoms with E-state index in [-0.39, 0.29) is 15.0 Å². The van der Waals surface area contributed by atoms with Crippen LogP contribution in [0.15, 0.2) is 28.8 Å². The van der Waals surface area contributed by atoms with Crippen LogP contribution in [0.5, 0.6) is 0 Å². The quantitative estimate of drug-likeness (QED) is 0.803. The number of anilines is 1. The van der Waals surface area contributed by atoms with Gasteiger partial charge in [-0.2, -0.15) is 0 Å². The highest BCUT2D eigenvalue weighted by molar-refractivity contribution is 14.1. The van der Waals surface area contributed by atoms with Crippen molar-refractivity contribution in [2.45, 2.75) is 0 Å². The Morgan fingerprint density at radius 1 is 1.42 bits per heavy atom. The van der Waals surface area contributed by atoms with Gasteiger partial charge < -0.3 is 14.9 Å². The maximum absolute atomic E-state index is 13.3. The summed E-state index contributed by atoms with van der Waals surface area (Å²) in [5.41, 5.74) is 0.0722. The van der Waals surface area contributed by atoms with Crippen LogP contribution >= 0.6 is 22.6 Å². The predicted octanol–water partition coefficient (Wildman–Crippen LogP) is 2.37. The third-order valence-electron chi connectivity index (χ3n) is 2.15. The molecule has 0 aliphatic rings. The fraction of sp³-hybridized carbons (Fsp3) is 0. The van der Waals surface area contributed by atoms with Gasteiger partial charge in [0.25, 0.3) is 5.91 Å². The molecule has 19 heavy (non-hydrogen) atoms. The maximum atomic E-state index is 13.3. The predicted molar refractivity (Wildman–Crippen MR) is 70.5 cm³/mol. The monoisotopic (exact) mass is 376 g/mol. The second kappa shape index (κ2) is 5.34. The summed E-state index contributed by atoms with van der Waals surface area (Å²) >= 11 is 1.75. The van der Waals surface area contributed by atoms with E-state index in [9.17, 15) is 14.0 Å². The molecule has 0 saturated carbocycles. The van der Waals surface area contributed by atoms with Crippen LogP contribution in [0.25, 0.3) is 0 Å². The normalized spacial score (nSPS) is 10.2. The Morgan fingerprint density at radius 2 is 2.16 bits per heavy atom. The van der Waals surface area contributed by atoms with Crippen LogP contribution in [0.3, 0.4) is 0 Å². The van der Waals surface area contributed by atoms with E-state index < -0.39 is 23.5 Å². The molecule has 98 valence electrons. The van der Waals surface area contributed by atoms with Gasteiger partial charge >= 0.3 is 5.97 Å². The number of rotatable bonds is 3. The van der Waals surface area contributed by atoms with Crippen molar-refractivity contribution < 1.29 is 23.6 Å². The van der Waals surface area contributed by atoms with E-state index >= 15 is 0 Å². The lowest BCUT2D eigenvalue weighted by Crippen LogP contribution is -2.13. The van der Waals surface area contributed by atoms with Crippen LogP contribution in [-0.2, 0) is 0 Å². The number of carbonyl (C=O) groups is 2. The average Bonchev–Trinajstić information content (AvgIpc) is 2.84. The molecule has 0 aliphatic carbocycles. The summed E-state index contributed by atoms with van der Waals surface area (Å²) in [7, 11) is 0. The summed E-state index contributed by atoms with van der Waals surface area (Å²) in [5.74, 6) is -2.92. The topological polar surface area (TPSA) is 92.4 Å². The van der Waals surface area contributed by atoms with E-state index in [2.05, 4.69) is 15.0 Å². The van der Waals surface area contributed by atoms with Gasteiger partial charge in [-0.1, -0.05) is 11.2 Å². The number of nitrogens with one attached hydrogen (secondary N) is 1. The molecule has 1 aromatic heterocycles. The molecule has 2 aromatic rings. The van der Waals surface area contributed by atoms with Gasteiger partial charge in [-0.05, 0) is 34.7 Å². The molecule has 8 heteroatoms. The first-order chi connectivity index (χ1) is 8.99. The number of benzene rings is 1. The second-order valence-electron chi connectivity index (χ2n) is 3.44. The first-order valence-corrected chi connectivity index (χ1v) is 6.02. The molecule has 0 aliphatic heterocycles. The lowest BCUT2D eigenvalue weighted by atomic mass is 10.3. The minimum Gasteiger partial charge on any atom is -0.475 e. The molecule has 1 aromatic carbocycles. The Hall–Kier alpha value is -1.97. The summed E-state index contributed by atoms with van der Waals surface area (Å²) in [5, 5.41) is 14.4. The third-order valence-corrected chi connectivity index (χ3v) is 3.25. The summed E-state index contributed by atoms with van der Waals surface area (Å²) in [6.45, 7) is 0. The zero-order chi connectivity index (χ0) is 14.0. The molecule has 1 amide bonds. The fourth-order valence-corrected chi connectivity index (χ4v) is 1.76. The lowest BCUT2D eigenvalue weighted by molar-refractivity contribution is 0.0651. The van der Waals surface area contributed by atoms with Crippen molar-refractivity contribution in [1.29, 1.82) is 0 Å². The van der Waals surface area contributed by atoms with Crippen LogP contribution in [-0.4, -0.2) is 22.1 Å². The fourth-order valence-electron chi connectivity index (χ4n) is 1.27. The Kier molecular flexibility index (Phi) is 3.79. The molecular weight excluding hydrogens is 370 g/mol. The number of carboxylic acid groups (broad SMARTS) is 1. The van der Waals surface area contributed by atoms with Gasteiger partial charge in [0.15, 0.2) is 5.69 Å². The summed E-state index contributed by atoms with van der Waals surface area (Å²) in [6.07, 6.45) is 0. The van der Waals surface area contributed by atoms with E-state index in [1.165, 1.54) is 18.2 Å². The summed E-state index contributed by atoms with van der Waals surface area (Å²) in [4.78, 5) is 22.3. The zero-order valence-corrected chi connectivity index (χ0v) is 11.3. The minimum absolute atomic E-state index is 0.197. The van der Waals surface area contributed by atoms with Crippen LogP contribution < -0.4 is 5.32 Å². The van der Waals surface area contributed by atoms with Crippen molar-refractivity contribution in [2.24, 2.45) is 0 Å². The van der Waals surface area contributed by atoms with Crippen molar-refractivity contribution in [1.82, 2.24) is 5.16 Å². The van der Waals surface area contributed by atoms with Gasteiger partial charge in [-0.3, -0.25) is 4.79 Å². The largest absolute Gasteiger partial charge is 0.475 e. The number of carboxylic acids is 1. The number of carbonyl (C=O) groups excluding carboxylic acids is 1. The molecule has 0 spiro atoms. The minimum atomic E-state index is -1.33. The third kappa shape index (κ3) is 2.89. The first-order valence-electron chi connectivity index (χ1n) is 4.94. The van der Waals surface area contributed by atoms with E-state index in [1.807, 2.05) is 0 Å². The number of halogens is 2. The van der Waals surface area contributed by atoms with Crippen molar-refractivity contribution in [2.75, 3.05) is 5.32 Å². The van der Waals surface area contributed by atoms with Gasteiger partial charge in [0.2, 0.25) is 5.76 Å². The highest BCUT2D eigenvalue weighted by Crippen LogP contribution is 2.21. The van der Waals surface area contributed by atoms with Crippen LogP contribution in [0.4, 0.5) is 10.1 Å². The number of amides is 1. The van der Waals surface area contributed by atoms with Crippen LogP contribution in [0, 0.1) is 9.39 Å². The number of nitrogens with zero attached hydrogens (tertiary/aromatic N) is 1. The number of aromatic carboxylic acids is 1. The van der Waals surface area contributed by atoms with Crippen molar-refractivity contribution in [3.05, 3.63) is 45.1 Å². The Balaban J connectivity index is 2.21.